The van der Waals surface area contributed by atoms with Crippen LogP contribution in [0.25, 0.3) is 22.3 Å². The van der Waals surface area contributed by atoms with E-state index in [1.807, 2.05) is 6.07 Å². The number of amidine groups is 2. The van der Waals surface area contributed by atoms with Crippen LogP contribution >= 0.6 is 0 Å². The first-order chi connectivity index (χ1) is 25.1. The molecule has 4 aliphatic rings. The molecule has 0 fully saturated rings. The van der Waals surface area contributed by atoms with E-state index >= 15 is 0 Å². The number of ether oxygens (including phenoxy) is 2. The molecular formula is C46H47BN4O2. The van der Waals surface area contributed by atoms with Crippen LogP contribution in [-0.2, 0) is 0 Å². The third-order valence-corrected chi connectivity index (χ3v) is 13.0. The van der Waals surface area contributed by atoms with Gasteiger partial charge in [-0.05, 0) is 151 Å². The molecule has 0 N–H and O–H groups in total. The lowest BCUT2D eigenvalue weighted by atomic mass is 9.35. The van der Waals surface area contributed by atoms with Crippen LogP contribution in [0.3, 0.4) is 0 Å². The highest BCUT2D eigenvalue weighted by atomic mass is 16.5. The predicted molar refractivity (Wildman–Crippen MR) is 222 cm³/mol. The van der Waals surface area contributed by atoms with Crippen molar-refractivity contribution in [2.24, 2.45) is 9.98 Å². The van der Waals surface area contributed by atoms with Crippen molar-refractivity contribution >= 4 is 46.1 Å². The summed E-state index contributed by atoms with van der Waals surface area (Å²) in [5.41, 5.74) is 9.61. The molecule has 5 aromatic rings. The molecular weight excluding hydrogens is 651 g/mol. The molecule has 4 heterocycles. The smallest absolute Gasteiger partial charge is 0.260 e. The lowest BCUT2D eigenvalue weighted by molar-refractivity contribution is 0.338. The van der Waals surface area contributed by atoms with Crippen molar-refractivity contribution in [1.82, 2.24) is 0 Å². The first kappa shape index (κ1) is 33.5. The van der Waals surface area contributed by atoms with E-state index in [0.717, 1.165) is 84.7 Å². The van der Waals surface area contributed by atoms with Crippen LogP contribution < -0.4 is 35.7 Å². The van der Waals surface area contributed by atoms with E-state index in [2.05, 4.69) is 176 Å². The summed E-state index contributed by atoms with van der Waals surface area (Å²) in [4.78, 5) is 14.7. The normalized spacial score (nSPS) is 19.4. The van der Waals surface area contributed by atoms with Crippen LogP contribution in [0.5, 0.6) is 23.0 Å². The molecule has 53 heavy (non-hydrogen) atoms. The van der Waals surface area contributed by atoms with Crippen LogP contribution in [0.1, 0.15) is 69.2 Å². The molecule has 6 nitrogen and oxygen atoms in total. The number of nitrogens with zero attached hydrogens (tertiary/aromatic N) is 4. The van der Waals surface area contributed by atoms with Gasteiger partial charge in [-0.3, -0.25) is 9.98 Å². The fourth-order valence-corrected chi connectivity index (χ4v) is 8.95. The van der Waals surface area contributed by atoms with Crippen molar-refractivity contribution in [1.29, 1.82) is 0 Å². The minimum absolute atomic E-state index is 0.00702. The highest BCUT2D eigenvalue weighted by Gasteiger charge is 2.49. The number of hydrogen-bond donors (Lipinski definition) is 0. The largest absolute Gasteiger partial charge is 0.458 e. The predicted octanol–water partition coefficient (Wildman–Crippen LogP) is 9.34. The molecule has 0 atom stereocenters. The number of fused-ring (bicyclic) bond motifs is 4. The molecule has 0 radical (unpaired) electrons. The number of aliphatic imine (C=N–C) groups is 2. The Kier molecular flexibility index (Phi) is 7.03. The van der Waals surface area contributed by atoms with Crippen molar-refractivity contribution < 1.29 is 9.47 Å². The first-order valence-corrected chi connectivity index (χ1v) is 18.8. The van der Waals surface area contributed by atoms with Crippen LogP contribution in [0.15, 0.2) is 113 Å². The standard InChI is InChI=1S/C46H47BN4O2/c1-28-48-43(3,4)45(7,8)50(28)34-20-14-30(15-21-34)32-18-24-36-40(26-32)52-38-12-11-13-39-42(38)47(36)37-25-19-33(27-41(37)53-39)31-16-22-35(23-17-31)51-29(2)49-44(5,6)46(51,9)10/h11-27H,1-10H3. The van der Waals surface area contributed by atoms with Gasteiger partial charge in [0.1, 0.15) is 34.7 Å². The van der Waals surface area contributed by atoms with Crippen molar-refractivity contribution in [3.05, 3.63) is 103 Å². The van der Waals surface area contributed by atoms with E-state index < -0.39 is 0 Å². The fraction of sp³-hybridized carbons (Fsp3) is 0.304. The molecule has 0 bridgehead atoms. The van der Waals surface area contributed by atoms with Gasteiger partial charge in [-0.25, -0.2) is 0 Å². The third-order valence-electron chi connectivity index (χ3n) is 13.0. The second-order valence-electron chi connectivity index (χ2n) is 17.1. The molecule has 0 saturated carbocycles. The van der Waals surface area contributed by atoms with Crippen LogP contribution in [0, 0.1) is 0 Å². The van der Waals surface area contributed by atoms with Gasteiger partial charge in [0.15, 0.2) is 0 Å². The maximum Gasteiger partial charge on any atom is 0.260 e. The number of rotatable bonds is 4. The zero-order valence-corrected chi connectivity index (χ0v) is 32.5. The lowest BCUT2D eigenvalue weighted by Gasteiger charge is -2.41. The minimum atomic E-state index is -0.171. The molecule has 0 spiro atoms. The van der Waals surface area contributed by atoms with E-state index in [4.69, 9.17) is 19.5 Å². The van der Waals surface area contributed by atoms with E-state index in [-0.39, 0.29) is 28.9 Å². The molecule has 266 valence electrons. The number of hydrogen-bond acceptors (Lipinski definition) is 6. The van der Waals surface area contributed by atoms with Crippen molar-refractivity contribution in [2.75, 3.05) is 9.80 Å². The van der Waals surface area contributed by atoms with Crippen LogP contribution in [0.2, 0.25) is 0 Å². The Labute approximate surface area is 314 Å². The Hall–Kier alpha value is -5.30. The molecule has 5 aromatic carbocycles. The van der Waals surface area contributed by atoms with E-state index in [9.17, 15) is 0 Å². The third kappa shape index (κ3) is 4.85. The second kappa shape index (κ2) is 11.1. The molecule has 0 unspecified atom stereocenters. The van der Waals surface area contributed by atoms with Crippen LogP contribution in [-0.4, -0.2) is 40.5 Å². The Balaban J connectivity index is 1.03. The molecule has 7 heteroatoms. The quantitative estimate of drug-likeness (QED) is 0.172. The highest BCUT2D eigenvalue weighted by Crippen LogP contribution is 2.43. The van der Waals surface area contributed by atoms with Gasteiger partial charge in [0, 0.05) is 16.8 Å². The van der Waals surface area contributed by atoms with Gasteiger partial charge in [0.05, 0.1) is 22.2 Å². The van der Waals surface area contributed by atoms with E-state index in [1.54, 1.807) is 0 Å². The van der Waals surface area contributed by atoms with Crippen LogP contribution in [0.4, 0.5) is 11.4 Å². The average molecular weight is 699 g/mol. The fourth-order valence-electron chi connectivity index (χ4n) is 8.95. The summed E-state index contributed by atoms with van der Waals surface area (Å²) in [7, 11) is 0. The van der Waals surface area contributed by atoms with Crippen molar-refractivity contribution in [3.8, 4) is 45.3 Å². The number of anilines is 2. The summed E-state index contributed by atoms with van der Waals surface area (Å²) in [6.07, 6.45) is 0. The maximum absolute atomic E-state index is 6.64. The molecule has 4 aliphatic heterocycles. The van der Waals surface area contributed by atoms with Gasteiger partial charge in [-0.1, -0.05) is 54.6 Å². The molecule has 0 amide bonds. The highest BCUT2D eigenvalue weighted by molar-refractivity contribution is 6.98. The summed E-state index contributed by atoms with van der Waals surface area (Å²) in [5, 5.41) is 0. The monoisotopic (exact) mass is 698 g/mol. The zero-order valence-electron chi connectivity index (χ0n) is 32.5. The summed E-state index contributed by atoms with van der Waals surface area (Å²) in [5.74, 6) is 5.55. The summed E-state index contributed by atoms with van der Waals surface area (Å²) in [6, 6.07) is 37.1. The Bertz CT molecular complexity index is 2220. The summed E-state index contributed by atoms with van der Waals surface area (Å²) in [6.45, 7) is 22.1. The summed E-state index contributed by atoms with van der Waals surface area (Å²) < 4.78 is 13.3. The molecule has 0 saturated heterocycles. The van der Waals surface area contributed by atoms with Crippen molar-refractivity contribution in [2.45, 2.75) is 91.4 Å². The Morgan fingerprint density at radius 3 is 1.21 bits per heavy atom. The lowest BCUT2D eigenvalue weighted by Crippen LogP contribution is -2.57. The van der Waals surface area contributed by atoms with Gasteiger partial charge < -0.3 is 19.3 Å². The zero-order chi connectivity index (χ0) is 37.2. The van der Waals surface area contributed by atoms with Gasteiger partial charge in [0.2, 0.25) is 0 Å². The van der Waals surface area contributed by atoms with Gasteiger partial charge in [-0.2, -0.15) is 0 Å². The topological polar surface area (TPSA) is 49.7 Å². The molecule has 0 aliphatic carbocycles. The Morgan fingerprint density at radius 1 is 0.472 bits per heavy atom. The molecule has 9 rings (SSSR count). The van der Waals surface area contributed by atoms with Gasteiger partial charge in [-0.15, -0.1) is 0 Å². The Morgan fingerprint density at radius 2 is 0.849 bits per heavy atom. The van der Waals surface area contributed by atoms with E-state index in [0.29, 0.717) is 0 Å². The second-order valence-corrected chi connectivity index (χ2v) is 17.1. The van der Waals surface area contributed by atoms with Crippen molar-refractivity contribution in [3.63, 3.8) is 0 Å². The first-order valence-electron chi connectivity index (χ1n) is 18.8. The number of benzene rings is 5. The minimum Gasteiger partial charge on any atom is -0.458 e. The summed E-state index contributed by atoms with van der Waals surface area (Å²) >= 11 is 0. The van der Waals surface area contributed by atoms with Gasteiger partial charge in [0.25, 0.3) is 6.71 Å². The van der Waals surface area contributed by atoms with E-state index in [1.165, 1.54) is 0 Å². The average Bonchev–Trinajstić information content (AvgIpc) is 3.39. The SMILES string of the molecule is CC1=NC(C)(C)C(C)(C)N1c1ccc(-c2ccc3c(c2)Oc2cccc4c2B3c2ccc(-c3ccc(N5C(C)=NC(C)(C)C5(C)C)cc3)cc2O4)cc1. The molecule has 0 aromatic heterocycles. The maximum atomic E-state index is 6.64. The van der Waals surface area contributed by atoms with Gasteiger partial charge >= 0.3 is 0 Å².